The maximum absolute atomic E-state index is 11.5. The molecular weight excluding hydrogens is 328 g/mol. The van der Waals surface area contributed by atoms with Crippen LogP contribution in [0.25, 0.3) is 11.3 Å². The van der Waals surface area contributed by atoms with Crippen LogP contribution in [0, 0.1) is 0 Å². The van der Waals surface area contributed by atoms with Gasteiger partial charge in [-0.15, -0.1) is 0 Å². The van der Waals surface area contributed by atoms with Gasteiger partial charge in [0.2, 0.25) is 0 Å². The molecule has 0 fully saturated rings. The first-order valence-corrected chi connectivity index (χ1v) is 7.89. The third-order valence-electron chi connectivity index (χ3n) is 3.47. The first-order chi connectivity index (χ1) is 9.75. The molecule has 4 heteroatoms. The summed E-state index contributed by atoms with van der Waals surface area (Å²) in [5.74, 6) is 0.489. The van der Waals surface area contributed by atoms with E-state index >= 15 is 0 Å². The largest absolute Gasteiger partial charge is 0.298 e. The summed E-state index contributed by atoms with van der Waals surface area (Å²) in [5.41, 5.74) is 3.38. The minimum atomic E-state index is -0.188. The Morgan fingerprint density at radius 3 is 2.19 bits per heavy atom. The number of carbonyl (C=O) groups is 1. The monoisotopic (exact) mass is 348 g/mol. The maximum atomic E-state index is 11.5. The van der Waals surface area contributed by atoms with Gasteiger partial charge in [-0.1, -0.05) is 38.1 Å². The van der Waals surface area contributed by atoms with Gasteiger partial charge >= 0.3 is 0 Å². The van der Waals surface area contributed by atoms with Crippen LogP contribution >= 0.6 is 15.9 Å². The summed E-state index contributed by atoms with van der Waals surface area (Å²) in [7, 11) is 0. The highest BCUT2D eigenvalue weighted by atomic mass is 79.9. The number of benzene rings is 1. The Bertz CT molecular complexity index is 649. The first kappa shape index (κ1) is 16.0. The van der Waals surface area contributed by atoms with Crippen LogP contribution < -0.4 is 0 Å². The number of hydrogen-bond acceptors (Lipinski definition) is 2. The Kier molecular flexibility index (Phi) is 4.38. The van der Waals surface area contributed by atoms with Crippen LogP contribution in [0.5, 0.6) is 0 Å². The first-order valence-electron chi connectivity index (χ1n) is 7.10. The molecule has 0 unspecified atom stereocenters. The minimum absolute atomic E-state index is 0.188. The average molecular weight is 349 g/mol. The topological polar surface area (TPSA) is 34.9 Å². The van der Waals surface area contributed by atoms with E-state index in [2.05, 4.69) is 67.8 Å². The van der Waals surface area contributed by atoms with E-state index < -0.39 is 0 Å². The molecule has 21 heavy (non-hydrogen) atoms. The van der Waals surface area contributed by atoms with Crippen LogP contribution in [0.1, 0.15) is 56.5 Å². The van der Waals surface area contributed by atoms with E-state index in [1.807, 2.05) is 16.8 Å². The predicted molar refractivity (Wildman–Crippen MR) is 89.8 cm³/mol. The molecule has 0 radical (unpaired) electrons. The van der Waals surface area contributed by atoms with Crippen molar-refractivity contribution >= 4 is 22.2 Å². The van der Waals surface area contributed by atoms with Crippen LogP contribution in [0.4, 0.5) is 0 Å². The average Bonchev–Trinajstić information content (AvgIpc) is 2.75. The Morgan fingerprint density at radius 2 is 1.76 bits per heavy atom. The molecule has 112 valence electrons. The predicted octanol–water partition coefficient (Wildman–Crippen LogP) is 5.00. The van der Waals surface area contributed by atoms with Crippen molar-refractivity contribution in [1.82, 2.24) is 9.78 Å². The summed E-state index contributed by atoms with van der Waals surface area (Å²) in [6.07, 6.45) is 0.866. The lowest BCUT2D eigenvalue weighted by Crippen LogP contribution is -2.23. The number of nitrogens with zero attached hydrogens (tertiary/aromatic N) is 2. The Balaban J connectivity index is 2.56. The highest BCUT2D eigenvalue weighted by Crippen LogP contribution is 2.32. The zero-order chi connectivity index (χ0) is 15.8. The van der Waals surface area contributed by atoms with Gasteiger partial charge in [0.05, 0.1) is 11.1 Å². The smallest absolute Gasteiger partial charge is 0.155 e. The summed E-state index contributed by atoms with van der Waals surface area (Å²) in [5, 5.41) is 4.64. The molecule has 0 bridgehead atoms. The van der Waals surface area contributed by atoms with Crippen molar-refractivity contribution in [2.24, 2.45) is 0 Å². The molecule has 0 saturated carbocycles. The summed E-state index contributed by atoms with van der Waals surface area (Å²) in [6.45, 7) is 10.5. The van der Waals surface area contributed by atoms with E-state index in [-0.39, 0.29) is 5.54 Å². The van der Waals surface area contributed by atoms with Gasteiger partial charge in [-0.05, 0) is 48.2 Å². The molecule has 0 spiro atoms. The van der Waals surface area contributed by atoms with Gasteiger partial charge in [0, 0.05) is 5.56 Å². The zero-order valence-corrected chi connectivity index (χ0v) is 14.7. The summed E-state index contributed by atoms with van der Waals surface area (Å²) in [4.78, 5) is 11.5. The lowest BCUT2D eigenvalue weighted by molar-refractivity contribution is 0.112. The molecule has 0 aliphatic carbocycles. The molecular formula is C17H21BrN2O. The van der Waals surface area contributed by atoms with Crippen molar-refractivity contribution in [3.63, 3.8) is 0 Å². The van der Waals surface area contributed by atoms with E-state index in [0.29, 0.717) is 11.5 Å². The molecule has 0 aliphatic heterocycles. The Labute approximate surface area is 134 Å². The molecule has 3 nitrogen and oxygen atoms in total. The summed E-state index contributed by atoms with van der Waals surface area (Å²) >= 11 is 3.50. The van der Waals surface area contributed by atoms with Gasteiger partial charge in [-0.2, -0.15) is 5.10 Å². The second kappa shape index (κ2) is 5.76. The van der Waals surface area contributed by atoms with Gasteiger partial charge in [0.25, 0.3) is 0 Å². The molecule has 0 saturated heterocycles. The SMILES string of the molecule is CC(C)c1ccc(-c2nn(C(C)(C)C)c(Br)c2C=O)cc1. The summed E-state index contributed by atoms with van der Waals surface area (Å²) < 4.78 is 2.58. The van der Waals surface area contributed by atoms with Crippen molar-refractivity contribution in [2.45, 2.75) is 46.1 Å². The van der Waals surface area contributed by atoms with Crippen LogP contribution in [-0.4, -0.2) is 16.1 Å². The molecule has 0 amide bonds. The molecule has 1 heterocycles. The number of aldehydes is 1. The second-order valence-corrected chi connectivity index (χ2v) is 7.28. The fourth-order valence-electron chi connectivity index (χ4n) is 2.20. The zero-order valence-electron chi connectivity index (χ0n) is 13.1. The van der Waals surface area contributed by atoms with Crippen LogP contribution in [-0.2, 0) is 5.54 Å². The van der Waals surface area contributed by atoms with Gasteiger partial charge in [-0.25, -0.2) is 0 Å². The Morgan fingerprint density at radius 1 is 1.19 bits per heavy atom. The van der Waals surface area contributed by atoms with Gasteiger partial charge in [-0.3, -0.25) is 9.48 Å². The van der Waals surface area contributed by atoms with Crippen LogP contribution in [0.15, 0.2) is 28.9 Å². The quantitative estimate of drug-likeness (QED) is 0.731. The normalized spacial score (nSPS) is 12.0. The third kappa shape index (κ3) is 3.10. The Hall–Kier alpha value is -1.42. The third-order valence-corrected chi connectivity index (χ3v) is 4.23. The second-order valence-electron chi connectivity index (χ2n) is 6.53. The summed E-state index contributed by atoms with van der Waals surface area (Å²) in [6, 6.07) is 8.26. The fourth-order valence-corrected chi connectivity index (χ4v) is 3.09. The van der Waals surface area contributed by atoms with E-state index in [1.54, 1.807) is 0 Å². The van der Waals surface area contributed by atoms with Crippen molar-refractivity contribution in [3.8, 4) is 11.3 Å². The van der Waals surface area contributed by atoms with Crippen LogP contribution in [0.2, 0.25) is 0 Å². The number of carbonyl (C=O) groups excluding carboxylic acids is 1. The van der Waals surface area contributed by atoms with E-state index in [0.717, 1.165) is 22.1 Å². The molecule has 0 N–H and O–H groups in total. The van der Waals surface area contributed by atoms with Gasteiger partial charge in [0.1, 0.15) is 10.3 Å². The van der Waals surface area contributed by atoms with E-state index in [1.165, 1.54) is 5.56 Å². The molecule has 1 aromatic heterocycles. The van der Waals surface area contributed by atoms with Crippen LogP contribution in [0.3, 0.4) is 0 Å². The molecule has 2 rings (SSSR count). The van der Waals surface area contributed by atoms with E-state index in [9.17, 15) is 4.79 Å². The number of halogens is 1. The van der Waals surface area contributed by atoms with Gasteiger partial charge in [0.15, 0.2) is 6.29 Å². The highest BCUT2D eigenvalue weighted by Gasteiger charge is 2.24. The minimum Gasteiger partial charge on any atom is -0.298 e. The van der Waals surface area contributed by atoms with Crippen molar-refractivity contribution in [2.75, 3.05) is 0 Å². The number of hydrogen-bond donors (Lipinski definition) is 0. The lowest BCUT2D eigenvalue weighted by atomic mass is 10.00. The molecule has 0 aliphatic rings. The van der Waals surface area contributed by atoms with Crippen molar-refractivity contribution in [1.29, 1.82) is 0 Å². The number of aromatic nitrogens is 2. The molecule has 1 aromatic carbocycles. The van der Waals surface area contributed by atoms with Crippen molar-refractivity contribution in [3.05, 3.63) is 40.0 Å². The van der Waals surface area contributed by atoms with E-state index in [4.69, 9.17) is 0 Å². The molecule has 2 aromatic rings. The standard InChI is InChI=1S/C17H21BrN2O/c1-11(2)12-6-8-13(9-7-12)15-14(10-21)16(18)20(19-15)17(3,4)5/h6-11H,1-5H3. The van der Waals surface area contributed by atoms with Gasteiger partial charge < -0.3 is 0 Å². The number of rotatable bonds is 3. The highest BCUT2D eigenvalue weighted by molar-refractivity contribution is 9.10. The molecule has 0 atom stereocenters. The fraction of sp³-hybridized carbons (Fsp3) is 0.412. The maximum Gasteiger partial charge on any atom is 0.155 e. The lowest BCUT2D eigenvalue weighted by Gasteiger charge is -2.20. The van der Waals surface area contributed by atoms with Crippen molar-refractivity contribution < 1.29 is 4.79 Å².